The van der Waals surface area contributed by atoms with Crippen molar-refractivity contribution in [2.75, 3.05) is 5.75 Å². The molecule has 1 aromatic rings. The number of alkyl halides is 3. The van der Waals surface area contributed by atoms with Crippen LogP contribution in [0.2, 0.25) is 0 Å². The Morgan fingerprint density at radius 3 is 2.53 bits per heavy atom. The molecule has 0 spiro atoms. The van der Waals surface area contributed by atoms with E-state index in [-0.39, 0.29) is 24.0 Å². The van der Waals surface area contributed by atoms with Gasteiger partial charge in [-0.25, -0.2) is 0 Å². The number of carboxylic acid groups (broad SMARTS) is 1. The first kappa shape index (κ1) is 15.8. The number of aryl methyl sites for hydroxylation is 1. The standard InChI is InChI=1S/C10H14F3N3O2S/c1-6(2)16-7(3-4-10(11,12)13)14-15-9(16)19-5-8(17)18/h6H,3-5H2,1-2H3,(H,17,18). The lowest BCUT2D eigenvalue weighted by atomic mass is 10.2. The Balaban J connectivity index is 2.84. The molecule has 1 N–H and O–H groups in total. The van der Waals surface area contributed by atoms with Crippen LogP contribution >= 0.6 is 11.8 Å². The van der Waals surface area contributed by atoms with Gasteiger partial charge in [0.2, 0.25) is 0 Å². The molecule has 108 valence electrons. The summed E-state index contributed by atoms with van der Waals surface area (Å²) in [6.45, 7) is 3.57. The minimum atomic E-state index is -4.25. The molecule has 0 fully saturated rings. The number of halogens is 3. The van der Waals surface area contributed by atoms with E-state index in [4.69, 9.17) is 5.11 Å². The van der Waals surface area contributed by atoms with Gasteiger partial charge in [-0.2, -0.15) is 13.2 Å². The van der Waals surface area contributed by atoms with Crippen molar-refractivity contribution in [3.05, 3.63) is 5.82 Å². The zero-order chi connectivity index (χ0) is 14.6. The van der Waals surface area contributed by atoms with Crippen LogP contribution in [0.4, 0.5) is 13.2 Å². The highest BCUT2D eigenvalue weighted by molar-refractivity contribution is 7.99. The topological polar surface area (TPSA) is 68.0 Å². The fourth-order valence-corrected chi connectivity index (χ4v) is 2.28. The first-order valence-electron chi connectivity index (χ1n) is 5.56. The van der Waals surface area contributed by atoms with E-state index in [2.05, 4.69) is 10.2 Å². The SMILES string of the molecule is CC(C)n1c(CCC(F)(F)F)nnc1SCC(=O)O. The fourth-order valence-electron chi connectivity index (χ4n) is 1.47. The van der Waals surface area contributed by atoms with Crippen LogP contribution in [0.15, 0.2) is 5.16 Å². The molecule has 5 nitrogen and oxygen atoms in total. The molecule has 0 aliphatic carbocycles. The predicted octanol–water partition coefficient (Wildman–Crippen LogP) is 2.53. The normalized spacial score (nSPS) is 12.1. The van der Waals surface area contributed by atoms with E-state index in [0.717, 1.165) is 11.8 Å². The number of aliphatic carboxylic acids is 1. The minimum absolute atomic E-state index is 0.130. The molecule has 0 amide bonds. The highest BCUT2D eigenvalue weighted by Crippen LogP contribution is 2.25. The van der Waals surface area contributed by atoms with Gasteiger partial charge in [-0.15, -0.1) is 10.2 Å². The lowest BCUT2D eigenvalue weighted by Gasteiger charge is -2.13. The number of hydrogen-bond acceptors (Lipinski definition) is 4. The number of thioether (sulfide) groups is 1. The molecule has 0 aliphatic rings. The van der Waals surface area contributed by atoms with Gasteiger partial charge in [-0.1, -0.05) is 11.8 Å². The van der Waals surface area contributed by atoms with Crippen LogP contribution in [-0.4, -0.2) is 37.8 Å². The van der Waals surface area contributed by atoms with Crippen molar-refractivity contribution in [3.8, 4) is 0 Å². The summed E-state index contributed by atoms with van der Waals surface area (Å²) in [4.78, 5) is 10.5. The second kappa shape index (κ2) is 6.27. The number of hydrogen-bond donors (Lipinski definition) is 1. The van der Waals surface area contributed by atoms with E-state index in [0.29, 0.717) is 5.16 Å². The summed E-state index contributed by atoms with van der Waals surface area (Å²) in [6, 6.07) is -0.130. The summed E-state index contributed by atoms with van der Waals surface area (Å²) in [6.07, 6.45) is -5.48. The van der Waals surface area contributed by atoms with Gasteiger partial charge in [0, 0.05) is 12.5 Å². The van der Waals surface area contributed by atoms with Crippen LogP contribution < -0.4 is 0 Å². The molecule has 0 radical (unpaired) electrons. The number of carbonyl (C=O) groups is 1. The van der Waals surface area contributed by atoms with Crippen LogP contribution in [0.3, 0.4) is 0 Å². The third kappa shape index (κ3) is 5.09. The third-order valence-electron chi connectivity index (χ3n) is 2.21. The van der Waals surface area contributed by atoms with E-state index in [1.165, 1.54) is 0 Å². The van der Waals surface area contributed by atoms with Crippen molar-refractivity contribution in [3.63, 3.8) is 0 Å². The lowest BCUT2D eigenvalue weighted by Crippen LogP contribution is -2.13. The number of carboxylic acids is 1. The minimum Gasteiger partial charge on any atom is -0.481 e. The van der Waals surface area contributed by atoms with Gasteiger partial charge in [-0.3, -0.25) is 4.79 Å². The summed E-state index contributed by atoms with van der Waals surface area (Å²) < 4.78 is 38.1. The molecule has 0 bridgehead atoms. The highest BCUT2D eigenvalue weighted by Gasteiger charge is 2.28. The molecule has 1 rings (SSSR count). The molecule has 0 saturated carbocycles. The molecule has 19 heavy (non-hydrogen) atoms. The van der Waals surface area contributed by atoms with Crippen molar-refractivity contribution in [2.45, 2.75) is 44.1 Å². The summed E-state index contributed by atoms with van der Waals surface area (Å²) >= 11 is 0.946. The molecular formula is C10H14F3N3O2S. The second-order valence-corrected chi connectivity index (χ2v) is 5.10. The fraction of sp³-hybridized carbons (Fsp3) is 0.700. The monoisotopic (exact) mass is 297 g/mol. The highest BCUT2D eigenvalue weighted by atomic mass is 32.2. The molecular weight excluding hydrogens is 283 g/mol. The Labute approximate surface area is 112 Å². The average molecular weight is 297 g/mol. The van der Waals surface area contributed by atoms with Gasteiger partial charge in [0.1, 0.15) is 5.82 Å². The van der Waals surface area contributed by atoms with Gasteiger partial charge in [-0.05, 0) is 13.8 Å². The van der Waals surface area contributed by atoms with Crippen LogP contribution in [0, 0.1) is 0 Å². The summed E-state index contributed by atoms with van der Waals surface area (Å²) in [5.41, 5.74) is 0. The predicted molar refractivity (Wildman–Crippen MR) is 63.1 cm³/mol. The van der Waals surface area contributed by atoms with E-state index in [9.17, 15) is 18.0 Å². The van der Waals surface area contributed by atoms with Crippen LogP contribution in [0.25, 0.3) is 0 Å². The smallest absolute Gasteiger partial charge is 0.389 e. The second-order valence-electron chi connectivity index (χ2n) is 4.16. The third-order valence-corrected chi connectivity index (χ3v) is 3.14. The van der Waals surface area contributed by atoms with Gasteiger partial charge >= 0.3 is 12.1 Å². The molecule has 9 heteroatoms. The van der Waals surface area contributed by atoms with E-state index >= 15 is 0 Å². The number of nitrogens with zero attached hydrogens (tertiary/aromatic N) is 3. The van der Waals surface area contributed by atoms with Crippen molar-refractivity contribution < 1.29 is 23.1 Å². The molecule has 0 aliphatic heterocycles. The quantitative estimate of drug-likeness (QED) is 0.817. The maximum Gasteiger partial charge on any atom is 0.389 e. The van der Waals surface area contributed by atoms with Crippen molar-refractivity contribution in [2.24, 2.45) is 0 Å². The average Bonchev–Trinajstić information content (AvgIpc) is 2.65. The zero-order valence-corrected chi connectivity index (χ0v) is 11.3. The largest absolute Gasteiger partial charge is 0.481 e. The molecule has 0 saturated heterocycles. The van der Waals surface area contributed by atoms with E-state index in [1.807, 2.05) is 0 Å². The van der Waals surface area contributed by atoms with Crippen molar-refractivity contribution in [1.82, 2.24) is 14.8 Å². The van der Waals surface area contributed by atoms with Crippen LogP contribution in [-0.2, 0) is 11.2 Å². The molecule has 0 aromatic carbocycles. The Morgan fingerprint density at radius 2 is 2.05 bits per heavy atom. The first-order chi connectivity index (χ1) is 8.70. The molecule has 0 atom stereocenters. The summed E-state index contributed by atoms with van der Waals surface area (Å²) in [5, 5.41) is 16.4. The van der Waals surface area contributed by atoms with Gasteiger partial charge in [0.25, 0.3) is 0 Å². The van der Waals surface area contributed by atoms with Crippen LogP contribution in [0.5, 0.6) is 0 Å². The Hall–Kier alpha value is -1.25. The summed E-state index contributed by atoms with van der Waals surface area (Å²) in [5.74, 6) is -0.996. The lowest BCUT2D eigenvalue weighted by molar-refractivity contribution is -0.135. The Morgan fingerprint density at radius 1 is 1.42 bits per heavy atom. The van der Waals surface area contributed by atoms with Crippen molar-refractivity contribution in [1.29, 1.82) is 0 Å². The van der Waals surface area contributed by atoms with Crippen molar-refractivity contribution >= 4 is 17.7 Å². The molecule has 1 aromatic heterocycles. The zero-order valence-electron chi connectivity index (χ0n) is 10.4. The molecule has 0 unspecified atom stereocenters. The Kier molecular flexibility index (Phi) is 5.21. The van der Waals surface area contributed by atoms with E-state index < -0.39 is 18.6 Å². The van der Waals surface area contributed by atoms with Gasteiger partial charge < -0.3 is 9.67 Å². The Bertz CT molecular complexity index is 446. The van der Waals surface area contributed by atoms with Gasteiger partial charge in [0.15, 0.2) is 5.16 Å². The first-order valence-corrected chi connectivity index (χ1v) is 6.54. The maximum absolute atomic E-state index is 12.2. The molecule has 1 heterocycles. The number of rotatable bonds is 6. The van der Waals surface area contributed by atoms with Gasteiger partial charge in [0.05, 0.1) is 12.2 Å². The maximum atomic E-state index is 12.2. The van der Waals surface area contributed by atoms with Crippen LogP contribution in [0.1, 0.15) is 32.1 Å². The van der Waals surface area contributed by atoms with E-state index in [1.54, 1.807) is 18.4 Å². The number of aromatic nitrogens is 3. The summed E-state index contributed by atoms with van der Waals surface area (Å²) in [7, 11) is 0.